The van der Waals surface area contributed by atoms with Crippen molar-refractivity contribution in [3.8, 4) is 0 Å². The highest BCUT2D eigenvalue weighted by atomic mass is 16.7. The van der Waals surface area contributed by atoms with Crippen LogP contribution >= 0.6 is 0 Å². The molecule has 0 aliphatic carbocycles. The van der Waals surface area contributed by atoms with E-state index in [4.69, 9.17) is 23.7 Å². The first-order valence-electron chi connectivity index (χ1n) is 12.6. The smallest absolute Gasteiger partial charge is 0.169 e. The van der Waals surface area contributed by atoms with Crippen molar-refractivity contribution >= 4 is 0 Å². The van der Waals surface area contributed by atoms with E-state index in [1.807, 2.05) is 91.0 Å². The van der Waals surface area contributed by atoms with Crippen molar-refractivity contribution in [3.05, 3.63) is 131 Å². The minimum absolute atomic E-state index is 0.223. The van der Waals surface area contributed by atoms with Gasteiger partial charge in [-0.2, -0.15) is 0 Å². The SMILES string of the molecule is C=CCO[C@@H]1O[C@H](COCc2ccccc2)[C@@H](OCc2ccccc2)[C@H](OCc2ccccc2)[C@@H]1N=[N+]=[N-]. The summed E-state index contributed by atoms with van der Waals surface area (Å²) < 4.78 is 31.1. The summed E-state index contributed by atoms with van der Waals surface area (Å²) in [5.74, 6) is 0. The Kier molecular flexibility index (Phi) is 10.9. The van der Waals surface area contributed by atoms with Gasteiger partial charge in [0.1, 0.15) is 24.4 Å². The molecule has 0 spiro atoms. The zero-order valence-electron chi connectivity index (χ0n) is 21.2. The van der Waals surface area contributed by atoms with E-state index in [-0.39, 0.29) is 13.2 Å². The molecule has 1 aliphatic heterocycles. The maximum atomic E-state index is 9.40. The fourth-order valence-electron chi connectivity index (χ4n) is 4.30. The first-order valence-corrected chi connectivity index (χ1v) is 12.6. The van der Waals surface area contributed by atoms with Crippen LogP contribution in [0.4, 0.5) is 0 Å². The molecule has 38 heavy (non-hydrogen) atoms. The van der Waals surface area contributed by atoms with Gasteiger partial charge in [0.15, 0.2) is 6.29 Å². The lowest BCUT2D eigenvalue weighted by atomic mass is 9.96. The van der Waals surface area contributed by atoms with Gasteiger partial charge in [-0.15, -0.1) is 6.58 Å². The first-order chi connectivity index (χ1) is 18.8. The second kappa shape index (κ2) is 15.1. The Labute approximate surface area is 223 Å². The number of ether oxygens (including phenoxy) is 5. The molecular formula is C30H33N3O5. The Morgan fingerprint density at radius 3 is 1.82 bits per heavy atom. The van der Waals surface area contributed by atoms with Gasteiger partial charge in [0.05, 0.1) is 33.0 Å². The highest BCUT2D eigenvalue weighted by molar-refractivity contribution is 5.15. The minimum Gasteiger partial charge on any atom is -0.374 e. The molecule has 1 saturated heterocycles. The summed E-state index contributed by atoms with van der Waals surface area (Å²) in [6, 6.07) is 28.8. The van der Waals surface area contributed by atoms with Crippen LogP contribution in [-0.2, 0) is 43.5 Å². The van der Waals surface area contributed by atoms with Gasteiger partial charge in [0.25, 0.3) is 0 Å². The largest absolute Gasteiger partial charge is 0.374 e. The van der Waals surface area contributed by atoms with Gasteiger partial charge in [0.2, 0.25) is 0 Å². The third-order valence-electron chi connectivity index (χ3n) is 6.14. The maximum Gasteiger partial charge on any atom is 0.169 e. The minimum atomic E-state index is -0.855. The second-order valence-electron chi connectivity index (χ2n) is 8.88. The van der Waals surface area contributed by atoms with Crippen molar-refractivity contribution in [2.45, 2.75) is 50.5 Å². The molecule has 5 atom stereocenters. The van der Waals surface area contributed by atoms with Gasteiger partial charge >= 0.3 is 0 Å². The third kappa shape index (κ3) is 8.00. The molecule has 3 aromatic rings. The quantitative estimate of drug-likeness (QED) is 0.114. The molecule has 0 amide bonds. The van der Waals surface area contributed by atoms with Crippen LogP contribution < -0.4 is 0 Å². The van der Waals surface area contributed by atoms with E-state index in [1.54, 1.807) is 6.08 Å². The summed E-state index contributed by atoms with van der Waals surface area (Å²) in [5.41, 5.74) is 12.4. The van der Waals surface area contributed by atoms with E-state index in [0.717, 1.165) is 16.7 Å². The molecule has 4 rings (SSSR count). The average molecular weight is 516 g/mol. The molecule has 1 heterocycles. The van der Waals surface area contributed by atoms with Gasteiger partial charge < -0.3 is 23.7 Å². The van der Waals surface area contributed by atoms with Crippen molar-refractivity contribution in [2.24, 2.45) is 5.11 Å². The van der Waals surface area contributed by atoms with Gasteiger partial charge in [-0.05, 0) is 22.2 Å². The van der Waals surface area contributed by atoms with E-state index in [2.05, 4.69) is 16.6 Å². The van der Waals surface area contributed by atoms with E-state index >= 15 is 0 Å². The van der Waals surface area contributed by atoms with Crippen LogP contribution in [0.2, 0.25) is 0 Å². The topological polar surface area (TPSA) is 94.9 Å². The Bertz CT molecular complexity index is 1140. The number of rotatable bonds is 14. The summed E-state index contributed by atoms with van der Waals surface area (Å²) in [6.45, 7) is 5.23. The molecule has 8 nitrogen and oxygen atoms in total. The molecule has 0 N–H and O–H groups in total. The average Bonchev–Trinajstić information content (AvgIpc) is 2.97. The van der Waals surface area contributed by atoms with Gasteiger partial charge in [-0.1, -0.05) is 102 Å². The normalized spacial score (nSPS) is 22.9. The summed E-state index contributed by atoms with van der Waals surface area (Å²) >= 11 is 0. The first kappa shape index (κ1) is 27.5. The van der Waals surface area contributed by atoms with Crippen LogP contribution in [0.3, 0.4) is 0 Å². The fourth-order valence-corrected chi connectivity index (χ4v) is 4.30. The summed E-state index contributed by atoms with van der Waals surface area (Å²) in [7, 11) is 0. The van der Waals surface area contributed by atoms with Crippen LogP contribution in [0.15, 0.2) is 109 Å². The Balaban J connectivity index is 1.58. The number of hydrogen-bond acceptors (Lipinski definition) is 6. The van der Waals surface area contributed by atoms with E-state index in [0.29, 0.717) is 19.8 Å². The van der Waals surface area contributed by atoms with Crippen LogP contribution in [0, 0.1) is 0 Å². The monoisotopic (exact) mass is 515 g/mol. The molecule has 3 aromatic carbocycles. The van der Waals surface area contributed by atoms with Crippen LogP contribution in [0.1, 0.15) is 16.7 Å². The Morgan fingerprint density at radius 2 is 1.29 bits per heavy atom. The van der Waals surface area contributed by atoms with Crippen LogP contribution in [-0.4, -0.2) is 43.9 Å². The van der Waals surface area contributed by atoms with Crippen molar-refractivity contribution in [1.29, 1.82) is 0 Å². The number of benzene rings is 3. The van der Waals surface area contributed by atoms with Gasteiger partial charge in [-0.25, -0.2) is 0 Å². The summed E-state index contributed by atoms with van der Waals surface area (Å²) in [5, 5.41) is 4.03. The van der Waals surface area contributed by atoms with Crippen molar-refractivity contribution in [2.75, 3.05) is 13.2 Å². The number of hydrogen-bond donors (Lipinski definition) is 0. The predicted octanol–water partition coefficient (Wildman–Crippen LogP) is 5.98. The van der Waals surface area contributed by atoms with Gasteiger partial charge in [0, 0.05) is 4.91 Å². The Hall–Kier alpha value is -3.49. The number of nitrogens with zero attached hydrogens (tertiary/aromatic N) is 3. The standard InChI is InChI=1S/C30H33N3O5/c1-2-18-35-30-27(32-33-31)29(37-21-25-16-10-5-11-17-25)28(36-20-24-14-8-4-9-15-24)26(38-30)22-34-19-23-12-6-3-7-13-23/h2-17,26-30H,1,18-22H2/t26-,27+,28-,29-,30-/m1/s1. The molecule has 0 bridgehead atoms. The molecular weight excluding hydrogens is 482 g/mol. The zero-order chi connectivity index (χ0) is 26.4. The van der Waals surface area contributed by atoms with Crippen LogP contribution in [0.5, 0.6) is 0 Å². The molecule has 1 aliphatic rings. The molecule has 0 aromatic heterocycles. The molecule has 0 saturated carbocycles. The lowest BCUT2D eigenvalue weighted by molar-refractivity contribution is -0.284. The lowest BCUT2D eigenvalue weighted by Crippen LogP contribution is -2.60. The zero-order valence-corrected chi connectivity index (χ0v) is 21.2. The molecule has 8 heteroatoms. The van der Waals surface area contributed by atoms with E-state index < -0.39 is 30.6 Å². The van der Waals surface area contributed by atoms with Crippen molar-refractivity contribution in [3.63, 3.8) is 0 Å². The third-order valence-corrected chi connectivity index (χ3v) is 6.14. The van der Waals surface area contributed by atoms with Crippen molar-refractivity contribution < 1.29 is 23.7 Å². The van der Waals surface area contributed by atoms with E-state index in [9.17, 15) is 5.53 Å². The highest BCUT2D eigenvalue weighted by Gasteiger charge is 2.48. The second-order valence-corrected chi connectivity index (χ2v) is 8.88. The maximum absolute atomic E-state index is 9.40. The van der Waals surface area contributed by atoms with E-state index in [1.165, 1.54) is 0 Å². The van der Waals surface area contributed by atoms with Crippen LogP contribution in [0.25, 0.3) is 10.4 Å². The Morgan fingerprint density at radius 1 is 0.763 bits per heavy atom. The molecule has 0 unspecified atom stereocenters. The lowest BCUT2D eigenvalue weighted by Gasteiger charge is -2.44. The van der Waals surface area contributed by atoms with Crippen molar-refractivity contribution in [1.82, 2.24) is 0 Å². The van der Waals surface area contributed by atoms with Gasteiger partial charge in [-0.3, -0.25) is 0 Å². The highest BCUT2D eigenvalue weighted by Crippen LogP contribution is 2.31. The number of azide groups is 1. The fraction of sp³-hybridized carbons (Fsp3) is 0.333. The molecule has 1 fully saturated rings. The molecule has 198 valence electrons. The summed E-state index contributed by atoms with van der Waals surface area (Å²) in [4.78, 5) is 3.07. The molecule has 0 radical (unpaired) electrons. The summed E-state index contributed by atoms with van der Waals surface area (Å²) in [6.07, 6.45) is -1.01. The predicted molar refractivity (Wildman–Crippen MR) is 144 cm³/mol.